The zero-order chi connectivity index (χ0) is 21.8. The summed E-state index contributed by atoms with van der Waals surface area (Å²) < 4.78 is 0. The molecule has 0 amide bonds. The summed E-state index contributed by atoms with van der Waals surface area (Å²) in [5, 5.41) is 18.6. The van der Waals surface area contributed by atoms with Crippen LogP contribution in [0.2, 0.25) is 0 Å². The van der Waals surface area contributed by atoms with E-state index in [4.69, 9.17) is 9.68 Å². The molecule has 0 aromatic heterocycles. The van der Waals surface area contributed by atoms with Crippen LogP contribution in [0.15, 0.2) is 5.16 Å². The van der Waals surface area contributed by atoms with Crippen LogP contribution < -0.4 is 5.32 Å². The van der Waals surface area contributed by atoms with Gasteiger partial charge in [-0.3, -0.25) is 4.79 Å². The zero-order valence-electron chi connectivity index (χ0n) is 18.7. The molecule has 8 nitrogen and oxygen atoms in total. The Bertz CT molecular complexity index is 781. The molecule has 31 heavy (non-hydrogen) atoms. The molecular weight excluding hydrogens is 398 g/mol. The lowest BCUT2D eigenvalue weighted by atomic mass is 9.44. The highest BCUT2D eigenvalue weighted by Crippen LogP contribution is 2.65. The monoisotopic (exact) mass is 433 g/mol. The van der Waals surface area contributed by atoms with Crippen molar-refractivity contribution in [3.8, 4) is 0 Å². The Hall–Kier alpha value is -1.70. The number of fused-ring (bicyclic) bond motifs is 5. The Morgan fingerprint density at radius 1 is 1.13 bits per heavy atom. The van der Waals surface area contributed by atoms with Gasteiger partial charge in [0, 0.05) is 24.8 Å². The van der Waals surface area contributed by atoms with Crippen molar-refractivity contribution >= 4 is 11.5 Å². The smallest absolute Gasteiger partial charge is 0.294 e. The Labute approximate surface area is 183 Å². The SMILES string of the molecule is C[C@]12CCC(=NO[C@@H]3CCNC3)CC1C(O[N+](=O)[O-])C[C@@H]1[C@@H]2CC[C@]2(C)C(=O)CC[C@@H]12. The van der Waals surface area contributed by atoms with Crippen molar-refractivity contribution in [2.24, 2.45) is 39.7 Å². The number of nitrogens with zero attached hydrogens (tertiary/aromatic N) is 2. The molecule has 2 unspecified atom stereocenters. The molecule has 4 saturated carbocycles. The van der Waals surface area contributed by atoms with Crippen molar-refractivity contribution in [3.05, 3.63) is 10.1 Å². The molecular formula is C23H35N3O5. The van der Waals surface area contributed by atoms with Crippen LogP contribution in [0.1, 0.15) is 71.6 Å². The first-order valence-electron chi connectivity index (χ1n) is 12.1. The highest BCUT2D eigenvalue weighted by Gasteiger charge is 2.62. The van der Waals surface area contributed by atoms with E-state index in [1.54, 1.807) is 0 Å². The fourth-order valence-electron chi connectivity index (χ4n) is 8.02. The van der Waals surface area contributed by atoms with Gasteiger partial charge in [-0.1, -0.05) is 19.0 Å². The van der Waals surface area contributed by atoms with Gasteiger partial charge in [-0.25, -0.2) is 0 Å². The molecule has 5 fully saturated rings. The summed E-state index contributed by atoms with van der Waals surface area (Å²) in [5.41, 5.74) is 0.750. The second-order valence-corrected chi connectivity index (χ2v) is 11.1. The molecule has 4 aliphatic carbocycles. The number of carbonyl (C=O) groups is 1. The van der Waals surface area contributed by atoms with Crippen molar-refractivity contribution in [1.29, 1.82) is 0 Å². The molecule has 5 rings (SSSR count). The topological polar surface area (TPSA) is 103 Å². The van der Waals surface area contributed by atoms with E-state index in [0.29, 0.717) is 42.8 Å². The number of hydrogen-bond acceptors (Lipinski definition) is 7. The van der Waals surface area contributed by atoms with E-state index >= 15 is 0 Å². The van der Waals surface area contributed by atoms with E-state index in [1.807, 2.05) is 0 Å². The number of oxime groups is 1. The van der Waals surface area contributed by atoms with Gasteiger partial charge in [-0.05, 0) is 80.6 Å². The minimum absolute atomic E-state index is 0.0233. The van der Waals surface area contributed by atoms with Crippen LogP contribution in [-0.4, -0.2) is 41.9 Å². The number of ketones is 1. The third kappa shape index (κ3) is 3.45. The van der Waals surface area contributed by atoms with Crippen LogP contribution >= 0.6 is 0 Å². The van der Waals surface area contributed by atoms with Gasteiger partial charge in [0.2, 0.25) is 0 Å². The second-order valence-electron chi connectivity index (χ2n) is 11.1. The lowest BCUT2D eigenvalue weighted by Gasteiger charge is -2.61. The lowest BCUT2D eigenvalue weighted by molar-refractivity contribution is -0.772. The minimum atomic E-state index is -0.612. The third-order valence-electron chi connectivity index (χ3n) is 9.77. The van der Waals surface area contributed by atoms with Crippen molar-refractivity contribution < 1.29 is 19.6 Å². The fraction of sp³-hybridized carbons (Fsp3) is 0.913. The molecule has 172 valence electrons. The Morgan fingerprint density at radius 3 is 2.71 bits per heavy atom. The van der Waals surface area contributed by atoms with E-state index in [-0.39, 0.29) is 22.9 Å². The maximum absolute atomic E-state index is 12.7. The molecule has 8 heteroatoms. The first kappa shape index (κ1) is 21.2. The number of carbonyl (C=O) groups excluding carboxylic acids is 1. The van der Waals surface area contributed by atoms with Gasteiger partial charge in [0.1, 0.15) is 18.0 Å². The van der Waals surface area contributed by atoms with Gasteiger partial charge in [0.15, 0.2) is 0 Å². The van der Waals surface area contributed by atoms with Gasteiger partial charge >= 0.3 is 0 Å². The van der Waals surface area contributed by atoms with Crippen LogP contribution in [0, 0.1) is 44.6 Å². The zero-order valence-corrected chi connectivity index (χ0v) is 18.7. The summed E-state index contributed by atoms with van der Waals surface area (Å²) in [6, 6.07) is 0. The van der Waals surface area contributed by atoms with Gasteiger partial charge in [0.05, 0.1) is 5.71 Å². The number of hydrogen-bond donors (Lipinski definition) is 1. The summed E-state index contributed by atoms with van der Waals surface area (Å²) >= 11 is 0. The summed E-state index contributed by atoms with van der Waals surface area (Å²) in [6.45, 7) is 6.25. The highest BCUT2D eigenvalue weighted by molar-refractivity contribution is 5.87. The van der Waals surface area contributed by atoms with Crippen molar-refractivity contribution in [3.63, 3.8) is 0 Å². The molecule has 0 bridgehead atoms. The lowest BCUT2D eigenvalue weighted by Crippen LogP contribution is -2.58. The van der Waals surface area contributed by atoms with Crippen LogP contribution in [0.5, 0.6) is 0 Å². The van der Waals surface area contributed by atoms with Gasteiger partial charge in [-0.2, -0.15) is 0 Å². The maximum atomic E-state index is 12.7. The highest BCUT2D eigenvalue weighted by atomic mass is 17.0. The van der Waals surface area contributed by atoms with Crippen LogP contribution in [0.25, 0.3) is 0 Å². The van der Waals surface area contributed by atoms with Crippen molar-refractivity contribution in [1.82, 2.24) is 5.32 Å². The first-order chi connectivity index (χ1) is 14.8. The molecule has 1 saturated heterocycles. The molecule has 1 aliphatic heterocycles. The largest absolute Gasteiger partial charge is 0.391 e. The molecule has 0 aromatic carbocycles. The number of rotatable bonds is 4. The first-order valence-corrected chi connectivity index (χ1v) is 12.1. The van der Waals surface area contributed by atoms with Crippen molar-refractivity contribution in [2.45, 2.75) is 83.8 Å². The fourth-order valence-corrected chi connectivity index (χ4v) is 8.02. The Morgan fingerprint density at radius 2 is 1.97 bits per heavy atom. The quantitative estimate of drug-likeness (QED) is 0.537. The van der Waals surface area contributed by atoms with Crippen LogP contribution in [0.3, 0.4) is 0 Å². The van der Waals surface area contributed by atoms with E-state index < -0.39 is 11.2 Å². The third-order valence-corrected chi connectivity index (χ3v) is 9.77. The number of Topliss-reactive ketones (excluding diaryl/α,β-unsaturated/α-hetero) is 1. The molecule has 0 spiro atoms. The van der Waals surface area contributed by atoms with Crippen molar-refractivity contribution in [2.75, 3.05) is 13.1 Å². The minimum Gasteiger partial charge on any atom is -0.391 e. The van der Waals surface area contributed by atoms with Crippen LogP contribution in [-0.2, 0) is 14.5 Å². The molecule has 0 aromatic rings. The van der Waals surface area contributed by atoms with E-state index in [0.717, 1.165) is 57.3 Å². The second kappa shape index (κ2) is 7.71. The summed E-state index contributed by atoms with van der Waals surface area (Å²) in [4.78, 5) is 35.2. The molecule has 1 heterocycles. The molecule has 0 radical (unpaired) electrons. The van der Waals surface area contributed by atoms with E-state index in [1.165, 1.54) is 0 Å². The average molecular weight is 434 g/mol. The Balaban J connectivity index is 1.40. The maximum Gasteiger partial charge on any atom is 0.294 e. The Kier molecular flexibility index (Phi) is 5.26. The van der Waals surface area contributed by atoms with Gasteiger partial charge in [-0.15, -0.1) is 10.1 Å². The summed E-state index contributed by atoms with van der Waals surface area (Å²) in [7, 11) is 0. The number of nitrogens with one attached hydrogen (secondary N) is 1. The molecule has 8 atom stereocenters. The summed E-state index contributed by atoms with van der Waals surface area (Å²) in [6.07, 6.45) is 7.47. The van der Waals surface area contributed by atoms with E-state index in [9.17, 15) is 14.9 Å². The normalized spacial score (nSPS) is 48.1. The predicted octanol–water partition coefficient (Wildman–Crippen LogP) is 3.52. The molecule has 1 N–H and O–H groups in total. The van der Waals surface area contributed by atoms with Gasteiger partial charge < -0.3 is 15.0 Å². The standard InChI is InChI=1S/C23H35N3O5/c1-22-8-5-14(25-30-15-7-10-24-13-15)11-19(22)20(31-26(28)29)12-16-17-3-4-21(27)23(17,2)9-6-18(16)22/h15-20,24H,3-13H2,1-2H3/t15-,16+,17+,18+,19?,20?,22-,23+/m1/s1. The summed E-state index contributed by atoms with van der Waals surface area (Å²) in [5.74, 6) is 1.62. The molecule has 5 aliphatic rings. The van der Waals surface area contributed by atoms with E-state index in [2.05, 4.69) is 24.3 Å². The van der Waals surface area contributed by atoms with Crippen LogP contribution in [0.4, 0.5) is 0 Å². The average Bonchev–Trinajstić information content (AvgIpc) is 3.35. The van der Waals surface area contributed by atoms with Gasteiger partial charge in [0.25, 0.3) is 5.09 Å². The predicted molar refractivity (Wildman–Crippen MR) is 114 cm³/mol.